The molecule has 2 aromatic carbocycles. The van der Waals surface area contributed by atoms with Gasteiger partial charge in [0.05, 0.1) is 12.2 Å². The fourth-order valence-electron chi connectivity index (χ4n) is 6.55. The monoisotopic (exact) mass is 684 g/mol. The molecule has 0 spiro atoms. The van der Waals surface area contributed by atoms with Gasteiger partial charge in [-0.25, -0.2) is 4.39 Å². The Kier molecular flexibility index (Phi) is 12.4. The number of rotatable bonds is 18. The highest BCUT2D eigenvalue weighted by Gasteiger charge is 2.39. The molecule has 1 saturated carbocycles. The van der Waals surface area contributed by atoms with Gasteiger partial charge in [-0.1, -0.05) is 55.8 Å². The molecule has 266 valence electrons. The van der Waals surface area contributed by atoms with Gasteiger partial charge in [0, 0.05) is 56.8 Å². The van der Waals surface area contributed by atoms with Crippen LogP contribution in [-0.2, 0) is 14.3 Å². The summed E-state index contributed by atoms with van der Waals surface area (Å²) in [5.74, 6) is -0.116. The van der Waals surface area contributed by atoms with Crippen LogP contribution < -0.4 is 5.32 Å². The summed E-state index contributed by atoms with van der Waals surface area (Å²) in [5, 5.41) is 2.77. The summed E-state index contributed by atoms with van der Waals surface area (Å²) in [4.78, 5) is 28.3. The molecule has 1 amide bonds. The Hall–Kier alpha value is -3.92. The molecule has 49 heavy (non-hydrogen) atoms. The molecule has 10 heteroatoms. The number of carbonyl (C=O) groups excluding carboxylic acids is 2. The van der Waals surface area contributed by atoms with Gasteiger partial charge in [-0.05, 0) is 80.2 Å². The molecule has 3 atom stereocenters. The van der Waals surface area contributed by atoms with E-state index in [0.717, 1.165) is 43.2 Å². The number of Topliss-reactive ketones (excluding diaryl/α,β-unsaturated/α-hetero) is 1. The Morgan fingerprint density at radius 3 is 2.39 bits per heavy atom. The van der Waals surface area contributed by atoms with Crippen molar-refractivity contribution < 1.29 is 38.1 Å². The Bertz CT molecular complexity index is 1530. The summed E-state index contributed by atoms with van der Waals surface area (Å²) in [6.07, 6.45) is 6.91. The third-order valence-corrected chi connectivity index (χ3v) is 9.46. The number of halogens is 4. The summed E-state index contributed by atoms with van der Waals surface area (Å²) in [6, 6.07) is 13.5. The van der Waals surface area contributed by atoms with E-state index in [1.54, 1.807) is 30.3 Å². The predicted octanol–water partition coefficient (Wildman–Crippen LogP) is 8.66. The lowest BCUT2D eigenvalue weighted by atomic mass is 9.87. The molecule has 6 nitrogen and oxygen atoms in total. The number of hydrogen-bond donors (Lipinski definition) is 1. The Labute approximate surface area is 287 Å². The topological polar surface area (TPSA) is 67.9 Å². The van der Waals surface area contributed by atoms with Gasteiger partial charge in [-0.15, -0.1) is 0 Å². The first-order valence-electron chi connectivity index (χ1n) is 17.4. The molecule has 0 aromatic heterocycles. The lowest BCUT2D eigenvalue weighted by Crippen LogP contribution is -2.34. The molecule has 5 rings (SSSR count). The van der Waals surface area contributed by atoms with Crippen molar-refractivity contribution in [3.05, 3.63) is 95.2 Å². The van der Waals surface area contributed by atoms with Crippen LogP contribution >= 0.6 is 0 Å². The van der Waals surface area contributed by atoms with E-state index in [0.29, 0.717) is 49.7 Å². The largest absolute Gasteiger partial charge is 0.483 e. The standard InChI is InChI=1S/C39H46F4N2O4.H2/c1-3-5-27(6-4-7-36(46)31-12-10-29(11-13-31)30-14-16-32(40)17-15-30)22-45-23-35-33(26(45)2)18-19-34(37(35)49-25-39(41,42)43)38(47)44-20-21-48-24-28-8-9-28;/h10-19,23,26-28,33H,3-9,20-22,24-25H2,1-2H3,(H,44,47);1H. The number of ketones is 1. The number of benzene rings is 2. The van der Waals surface area contributed by atoms with E-state index in [4.69, 9.17) is 9.47 Å². The van der Waals surface area contributed by atoms with Gasteiger partial charge in [0.25, 0.3) is 5.91 Å². The van der Waals surface area contributed by atoms with E-state index >= 15 is 0 Å². The van der Waals surface area contributed by atoms with Crippen LogP contribution in [0.15, 0.2) is 83.8 Å². The first kappa shape index (κ1) is 36.4. The molecule has 1 aliphatic heterocycles. The van der Waals surface area contributed by atoms with Crippen molar-refractivity contribution in [1.29, 1.82) is 0 Å². The van der Waals surface area contributed by atoms with Gasteiger partial charge in [-0.2, -0.15) is 13.2 Å². The average molecular weight is 685 g/mol. The minimum Gasteiger partial charge on any atom is -0.483 e. The summed E-state index contributed by atoms with van der Waals surface area (Å²) in [5.41, 5.74) is 3.08. The fraction of sp³-hybridized carbons (Fsp3) is 0.487. The minimum absolute atomic E-state index is 0. The smallest absolute Gasteiger partial charge is 0.422 e. The van der Waals surface area contributed by atoms with E-state index in [2.05, 4.69) is 17.1 Å². The van der Waals surface area contributed by atoms with Gasteiger partial charge in [0.1, 0.15) is 11.6 Å². The molecule has 3 unspecified atom stereocenters. The van der Waals surface area contributed by atoms with Crippen molar-refractivity contribution in [2.75, 3.05) is 32.9 Å². The summed E-state index contributed by atoms with van der Waals surface area (Å²) in [7, 11) is 0. The highest BCUT2D eigenvalue weighted by Crippen LogP contribution is 2.41. The zero-order chi connectivity index (χ0) is 35.0. The second-order valence-electron chi connectivity index (χ2n) is 13.4. The molecule has 0 radical (unpaired) electrons. The normalized spacial score (nSPS) is 19.5. The molecule has 2 aromatic rings. The Balaban J connectivity index is 0.00000562. The summed E-state index contributed by atoms with van der Waals surface area (Å²) >= 11 is 0. The average Bonchev–Trinajstić information content (AvgIpc) is 3.85. The first-order valence-corrected chi connectivity index (χ1v) is 17.4. The number of fused-ring (bicyclic) bond motifs is 1. The van der Waals surface area contributed by atoms with Crippen molar-refractivity contribution in [2.45, 2.75) is 71.0 Å². The lowest BCUT2D eigenvalue weighted by molar-refractivity contribution is -0.164. The maximum Gasteiger partial charge on any atom is 0.422 e. The van der Waals surface area contributed by atoms with Crippen LogP contribution in [-0.4, -0.2) is 61.7 Å². The van der Waals surface area contributed by atoms with Gasteiger partial charge < -0.3 is 19.7 Å². The summed E-state index contributed by atoms with van der Waals surface area (Å²) in [6.45, 7) is 4.58. The molecule has 0 saturated heterocycles. The second kappa shape index (κ2) is 16.7. The van der Waals surface area contributed by atoms with Gasteiger partial charge in [-0.3, -0.25) is 9.59 Å². The molecule has 1 N–H and O–H groups in total. The van der Waals surface area contributed by atoms with Crippen LogP contribution in [0.1, 0.15) is 70.6 Å². The molecule has 0 bridgehead atoms. The Morgan fingerprint density at radius 2 is 1.73 bits per heavy atom. The SMILES string of the molecule is CCCC(CCCC(=O)c1ccc(-c2ccc(F)cc2)cc1)CN1C=C2C(OCC(F)(F)F)=C(C(=O)NCCOCC3CC3)C=CC2C1C.[HH]. The molecular formula is C39H48F4N2O4. The molecular weight excluding hydrogens is 636 g/mol. The van der Waals surface area contributed by atoms with Crippen LogP contribution in [0.2, 0.25) is 0 Å². The van der Waals surface area contributed by atoms with Crippen molar-refractivity contribution >= 4 is 11.7 Å². The number of ether oxygens (including phenoxy) is 2. The summed E-state index contributed by atoms with van der Waals surface area (Å²) < 4.78 is 64.1. The first-order chi connectivity index (χ1) is 23.5. The van der Waals surface area contributed by atoms with Crippen LogP contribution in [0.25, 0.3) is 11.1 Å². The van der Waals surface area contributed by atoms with E-state index in [9.17, 15) is 27.2 Å². The third kappa shape index (κ3) is 10.3. The van der Waals surface area contributed by atoms with Crippen LogP contribution in [0.5, 0.6) is 0 Å². The highest BCUT2D eigenvalue weighted by atomic mass is 19.4. The van der Waals surface area contributed by atoms with E-state index in [1.165, 1.54) is 12.1 Å². The van der Waals surface area contributed by atoms with Crippen molar-refractivity contribution in [3.8, 4) is 11.1 Å². The van der Waals surface area contributed by atoms with Crippen LogP contribution in [0.3, 0.4) is 0 Å². The third-order valence-electron chi connectivity index (χ3n) is 9.46. The number of nitrogens with zero attached hydrogens (tertiary/aromatic N) is 1. The number of nitrogens with one attached hydrogen (secondary N) is 1. The number of alkyl halides is 3. The zero-order valence-corrected chi connectivity index (χ0v) is 28.2. The maximum absolute atomic E-state index is 13.3. The quantitative estimate of drug-likeness (QED) is 0.0968. The van der Waals surface area contributed by atoms with Gasteiger partial charge in [0.15, 0.2) is 12.4 Å². The minimum atomic E-state index is -4.55. The molecule has 3 aliphatic rings. The maximum atomic E-state index is 13.3. The lowest BCUT2D eigenvalue weighted by Gasteiger charge is -2.30. The van der Waals surface area contributed by atoms with Crippen molar-refractivity contribution in [1.82, 2.24) is 10.2 Å². The van der Waals surface area contributed by atoms with Gasteiger partial charge >= 0.3 is 6.18 Å². The molecule has 1 fully saturated rings. The number of amides is 1. The molecule has 1 heterocycles. The molecule has 2 aliphatic carbocycles. The highest BCUT2D eigenvalue weighted by molar-refractivity contribution is 5.98. The second-order valence-corrected chi connectivity index (χ2v) is 13.4. The predicted molar refractivity (Wildman–Crippen MR) is 183 cm³/mol. The van der Waals surface area contributed by atoms with E-state index in [-0.39, 0.29) is 48.8 Å². The number of hydrogen-bond acceptors (Lipinski definition) is 5. The van der Waals surface area contributed by atoms with Gasteiger partial charge in [0.2, 0.25) is 0 Å². The zero-order valence-electron chi connectivity index (χ0n) is 28.2. The number of allylic oxidation sites excluding steroid dienone is 1. The fourth-order valence-corrected chi connectivity index (χ4v) is 6.55. The Morgan fingerprint density at radius 1 is 1.04 bits per heavy atom. The van der Waals surface area contributed by atoms with E-state index < -0.39 is 18.7 Å². The van der Waals surface area contributed by atoms with E-state index in [1.807, 2.05) is 31.3 Å². The van der Waals surface area contributed by atoms with Crippen molar-refractivity contribution in [2.24, 2.45) is 17.8 Å². The van der Waals surface area contributed by atoms with Crippen LogP contribution in [0.4, 0.5) is 17.6 Å². The van der Waals surface area contributed by atoms with Crippen molar-refractivity contribution in [3.63, 3.8) is 0 Å². The number of carbonyl (C=O) groups is 2. The van der Waals surface area contributed by atoms with Crippen LogP contribution in [0, 0.1) is 23.6 Å².